The highest BCUT2D eigenvalue weighted by atomic mass is 19.3. The summed E-state index contributed by atoms with van der Waals surface area (Å²) in [5.41, 5.74) is 3.35. The summed E-state index contributed by atoms with van der Waals surface area (Å²) in [5, 5.41) is 15.4. The zero-order valence-electron chi connectivity index (χ0n) is 14.3. The first-order valence-corrected chi connectivity index (χ1v) is 8.31. The highest BCUT2D eigenvalue weighted by Gasteiger charge is 2.17. The molecule has 4 rings (SSSR count). The van der Waals surface area contributed by atoms with E-state index in [4.69, 9.17) is 4.42 Å². The van der Waals surface area contributed by atoms with Gasteiger partial charge < -0.3 is 4.42 Å². The van der Waals surface area contributed by atoms with Crippen LogP contribution in [0, 0.1) is 0 Å². The van der Waals surface area contributed by atoms with Crippen molar-refractivity contribution in [3.8, 4) is 22.7 Å². The molecule has 136 valence electrons. The smallest absolute Gasteiger partial charge is 0.314 e. The Morgan fingerprint density at radius 3 is 2.30 bits per heavy atom. The van der Waals surface area contributed by atoms with Gasteiger partial charge in [0, 0.05) is 11.1 Å². The molecule has 27 heavy (non-hydrogen) atoms. The Labute approximate surface area is 153 Å². The molecule has 0 N–H and O–H groups in total. The molecule has 1 unspecified atom stereocenters. The molecular formula is C19H15F2N5O. The zero-order valence-corrected chi connectivity index (χ0v) is 14.3. The van der Waals surface area contributed by atoms with Gasteiger partial charge >= 0.3 is 6.43 Å². The van der Waals surface area contributed by atoms with Crippen LogP contribution < -0.4 is 0 Å². The third-order valence-electron chi connectivity index (χ3n) is 4.24. The van der Waals surface area contributed by atoms with Crippen molar-refractivity contribution in [2.24, 2.45) is 0 Å². The molecule has 6 nitrogen and oxygen atoms in total. The quantitative estimate of drug-likeness (QED) is 0.518. The Hall–Kier alpha value is -3.42. The van der Waals surface area contributed by atoms with Gasteiger partial charge in [0.25, 0.3) is 5.89 Å². The number of halogens is 2. The average molecular weight is 367 g/mol. The van der Waals surface area contributed by atoms with Gasteiger partial charge in [0.05, 0.1) is 12.2 Å². The summed E-state index contributed by atoms with van der Waals surface area (Å²) in [7, 11) is 0. The maximum absolute atomic E-state index is 12.6. The summed E-state index contributed by atoms with van der Waals surface area (Å²) in [4.78, 5) is 0. The van der Waals surface area contributed by atoms with Gasteiger partial charge in [-0.2, -0.15) is 8.78 Å². The SMILES string of the molecule is CC(c1ccc(-c2nnc(C(F)F)o2)cc1)n1cc(-c2ccccc2)nn1. The number of aromatic nitrogens is 5. The van der Waals surface area contributed by atoms with E-state index in [9.17, 15) is 8.78 Å². The number of benzene rings is 2. The van der Waals surface area contributed by atoms with Crippen LogP contribution in [0.15, 0.2) is 65.2 Å². The second kappa shape index (κ2) is 7.06. The van der Waals surface area contributed by atoms with Gasteiger partial charge in [0.1, 0.15) is 5.69 Å². The molecule has 0 radical (unpaired) electrons. The van der Waals surface area contributed by atoms with Crippen molar-refractivity contribution in [1.29, 1.82) is 0 Å². The monoisotopic (exact) mass is 367 g/mol. The molecule has 2 heterocycles. The number of hydrogen-bond acceptors (Lipinski definition) is 5. The van der Waals surface area contributed by atoms with Gasteiger partial charge in [0.15, 0.2) is 0 Å². The Bertz CT molecular complexity index is 1030. The predicted octanol–water partition coefficient (Wildman–Crippen LogP) is 4.54. The van der Waals surface area contributed by atoms with Crippen molar-refractivity contribution < 1.29 is 13.2 Å². The third-order valence-corrected chi connectivity index (χ3v) is 4.24. The van der Waals surface area contributed by atoms with Crippen molar-refractivity contribution in [2.75, 3.05) is 0 Å². The molecule has 0 spiro atoms. The normalized spacial score (nSPS) is 12.4. The molecule has 0 aliphatic heterocycles. The van der Waals surface area contributed by atoms with Gasteiger partial charge in [-0.15, -0.1) is 15.3 Å². The minimum atomic E-state index is -2.78. The molecule has 0 bridgehead atoms. The molecule has 0 aliphatic rings. The van der Waals surface area contributed by atoms with E-state index in [1.807, 2.05) is 55.6 Å². The van der Waals surface area contributed by atoms with Gasteiger partial charge in [-0.25, -0.2) is 4.68 Å². The summed E-state index contributed by atoms with van der Waals surface area (Å²) in [6.45, 7) is 2.00. The zero-order chi connectivity index (χ0) is 18.8. The summed E-state index contributed by atoms with van der Waals surface area (Å²) in [6, 6.07) is 17.0. The third kappa shape index (κ3) is 3.46. The Morgan fingerprint density at radius 2 is 1.63 bits per heavy atom. The Morgan fingerprint density at radius 1 is 0.889 bits per heavy atom. The number of hydrogen-bond donors (Lipinski definition) is 0. The molecule has 0 aliphatic carbocycles. The molecule has 0 fully saturated rings. The molecule has 4 aromatic rings. The van der Waals surface area contributed by atoms with Crippen molar-refractivity contribution in [3.63, 3.8) is 0 Å². The largest absolute Gasteiger partial charge is 0.415 e. The summed E-state index contributed by atoms with van der Waals surface area (Å²) in [6.07, 6.45) is -0.891. The molecule has 2 aromatic carbocycles. The van der Waals surface area contributed by atoms with Crippen molar-refractivity contribution in [3.05, 3.63) is 72.2 Å². The Kier molecular flexibility index (Phi) is 4.45. The minimum Gasteiger partial charge on any atom is -0.415 e. The lowest BCUT2D eigenvalue weighted by molar-refractivity contribution is 0.116. The fraction of sp³-hybridized carbons (Fsp3) is 0.158. The fourth-order valence-electron chi connectivity index (χ4n) is 2.70. The van der Waals surface area contributed by atoms with Gasteiger partial charge in [-0.3, -0.25) is 0 Å². The maximum Gasteiger partial charge on any atom is 0.314 e. The van der Waals surface area contributed by atoms with E-state index in [0.29, 0.717) is 5.56 Å². The van der Waals surface area contributed by atoms with Crippen LogP contribution in [0.1, 0.15) is 30.8 Å². The highest BCUT2D eigenvalue weighted by Crippen LogP contribution is 2.26. The number of rotatable bonds is 5. The van der Waals surface area contributed by atoms with Crippen molar-refractivity contribution in [1.82, 2.24) is 25.2 Å². The topological polar surface area (TPSA) is 69.6 Å². The maximum atomic E-state index is 12.6. The minimum absolute atomic E-state index is 0.0525. The molecule has 8 heteroatoms. The number of nitrogens with zero attached hydrogens (tertiary/aromatic N) is 5. The van der Waals surface area contributed by atoms with Gasteiger partial charge in [0.2, 0.25) is 5.89 Å². The van der Waals surface area contributed by atoms with Crippen LogP contribution in [-0.2, 0) is 0 Å². The second-order valence-electron chi connectivity index (χ2n) is 5.99. The van der Waals surface area contributed by atoms with Crippen LogP contribution in [-0.4, -0.2) is 25.2 Å². The van der Waals surface area contributed by atoms with Crippen LogP contribution in [0.3, 0.4) is 0 Å². The van der Waals surface area contributed by atoms with Crippen LogP contribution in [0.2, 0.25) is 0 Å². The summed E-state index contributed by atoms with van der Waals surface area (Å²) < 4.78 is 31.9. The van der Waals surface area contributed by atoms with Crippen LogP contribution >= 0.6 is 0 Å². The van der Waals surface area contributed by atoms with Gasteiger partial charge in [-0.05, 0) is 24.6 Å². The lowest BCUT2D eigenvalue weighted by Crippen LogP contribution is -2.07. The van der Waals surface area contributed by atoms with E-state index in [-0.39, 0.29) is 11.9 Å². The second-order valence-corrected chi connectivity index (χ2v) is 5.99. The van der Waals surface area contributed by atoms with E-state index in [1.165, 1.54) is 0 Å². The first-order valence-electron chi connectivity index (χ1n) is 8.31. The van der Waals surface area contributed by atoms with E-state index in [0.717, 1.165) is 16.8 Å². The van der Waals surface area contributed by atoms with Crippen LogP contribution in [0.4, 0.5) is 8.78 Å². The molecule has 0 saturated heterocycles. The molecule has 0 amide bonds. The standard InChI is InChI=1S/C19H15F2N5O/c1-12(26-11-16(22-25-26)14-5-3-2-4-6-14)13-7-9-15(10-8-13)18-23-24-19(27-18)17(20)21/h2-12,17H,1H3. The van der Waals surface area contributed by atoms with E-state index < -0.39 is 12.3 Å². The first-order chi connectivity index (χ1) is 13.1. The number of alkyl halides is 2. The molecule has 0 saturated carbocycles. The Balaban J connectivity index is 1.54. The first kappa shape index (κ1) is 17.0. The average Bonchev–Trinajstić information content (AvgIpc) is 3.38. The predicted molar refractivity (Wildman–Crippen MR) is 94.0 cm³/mol. The van der Waals surface area contributed by atoms with Gasteiger partial charge in [-0.1, -0.05) is 47.7 Å². The molecule has 1 atom stereocenters. The summed E-state index contributed by atoms with van der Waals surface area (Å²) in [5.74, 6) is -0.616. The van der Waals surface area contributed by atoms with Crippen molar-refractivity contribution in [2.45, 2.75) is 19.4 Å². The van der Waals surface area contributed by atoms with Crippen LogP contribution in [0.25, 0.3) is 22.7 Å². The lowest BCUT2D eigenvalue weighted by atomic mass is 10.1. The molecular weight excluding hydrogens is 352 g/mol. The van der Waals surface area contributed by atoms with E-state index in [2.05, 4.69) is 20.5 Å². The van der Waals surface area contributed by atoms with Crippen LogP contribution in [0.5, 0.6) is 0 Å². The highest BCUT2D eigenvalue weighted by molar-refractivity contribution is 5.57. The van der Waals surface area contributed by atoms with E-state index in [1.54, 1.807) is 16.8 Å². The van der Waals surface area contributed by atoms with Crippen molar-refractivity contribution >= 4 is 0 Å². The van der Waals surface area contributed by atoms with E-state index >= 15 is 0 Å². The summed E-state index contributed by atoms with van der Waals surface area (Å²) >= 11 is 0. The fourth-order valence-corrected chi connectivity index (χ4v) is 2.70. The molecule has 2 aromatic heterocycles. The lowest BCUT2D eigenvalue weighted by Gasteiger charge is -2.11.